The second kappa shape index (κ2) is 11.5. The zero-order valence-electron chi connectivity index (χ0n) is 19.9. The first-order chi connectivity index (χ1) is 15.2. The van der Waals surface area contributed by atoms with Gasteiger partial charge in [-0.2, -0.15) is 0 Å². The van der Waals surface area contributed by atoms with Crippen LogP contribution in [-0.4, -0.2) is 27.3 Å². The van der Waals surface area contributed by atoms with Crippen molar-refractivity contribution in [3.8, 4) is 0 Å². The van der Waals surface area contributed by atoms with E-state index in [-0.39, 0.29) is 12.0 Å². The van der Waals surface area contributed by atoms with E-state index >= 15 is 0 Å². The van der Waals surface area contributed by atoms with E-state index in [1.54, 1.807) is 0 Å². The monoisotopic (exact) mass is 427 g/mol. The highest BCUT2D eigenvalue weighted by Gasteiger charge is 2.35. The minimum atomic E-state index is 0.218. The molecule has 2 heterocycles. The van der Waals surface area contributed by atoms with Gasteiger partial charge in [0.2, 0.25) is 5.91 Å². The van der Waals surface area contributed by atoms with E-state index in [0.29, 0.717) is 11.8 Å². The van der Waals surface area contributed by atoms with Gasteiger partial charge in [-0.1, -0.05) is 77.6 Å². The quantitative estimate of drug-likeness (QED) is 0.550. The molecule has 3 atom stereocenters. The van der Waals surface area contributed by atoms with Crippen molar-refractivity contribution in [3.05, 3.63) is 17.7 Å². The molecule has 4 nitrogen and oxygen atoms in total. The number of carbonyl (C=O) groups excluding carboxylic acids is 1. The SMILES string of the molecule is CC1CCCCCCC(c2ncc([C@@H]3CCCN3C(=O)C3CCCCCCCC3)[nH]2)C1. The number of carbonyl (C=O) groups is 1. The van der Waals surface area contributed by atoms with Crippen molar-refractivity contribution in [2.24, 2.45) is 11.8 Å². The number of nitrogens with one attached hydrogen (secondary N) is 1. The molecule has 4 heteroatoms. The smallest absolute Gasteiger partial charge is 0.226 e. The molecule has 0 aromatic carbocycles. The van der Waals surface area contributed by atoms with E-state index in [0.717, 1.165) is 38.1 Å². The van der Waals surface area contributed by atoms with Crippen molar-refractivity contribution in [1.82, 2.24) is 14.9 Å². The predicted molar refractivity (Wildman–Crippen MR) is 127 cm³/mol. The minimum Gasteiger partial charge on any atom is -0.344 e. The number of nitrogens with zero attached hydrogens (tertiary/aromatic N) is 2. The number of rotatable bonds is 3. The number of aromatic amines is 1. The molecule has 0 spiro atoms. The Balaban J connectivity index is 1.43. The lowest BCUT2D eigenvalue weighted by atomic mass is 9.90. The molecule has 3 fully saturated rings. The van der Waals surface area contributed by atoms with Gasteiger partial charge in [-0.05, 0) is 44.4 Å². The zero-order chi connectivity index (χ0) is 21.5. The molecule has 1 N–H and O–H groups in total. The molecule has 0 bridgehead atoms. The van der Waals surface area contributed by atoms with Crippen molar-refractivity contribution in [2.75, 3.05) is 6.54 Å². The van der Waals surface area contributed by atoms with Crippen molar-refractivity contribution in [2.45, 2.75) is 128 Å². The fourth-order valence-electron chi connectivity index (χ4n) is 6.40. The Labute approximate surface area is 190 Å². The van der Waals surface area contributed by atoms with Crippen molar-refractivity contribution >= 4 is 5.91 Å². The van der Waals surface area contributed by atoms with Crippen LogP contribution in [0, 0.1) is 11.8 Å². The topological polar surface area (TPSA) is 49.0 Å². The molecule has 174 valence electrons. The Morgan fingerprint density at radius 3 is 2.26 bits per heavy atom. The van der Waals surface area contributed by atoms with Crippen LogP contribution in [0.2, 0.25) is 0 Å². The molecule has 0 radical (unpaired) electrons. The third kappa shape index (κ3) is 6.14. The van der Waals surface area contributed by atoms with Gasteiger partial charge in [0.15, 0.2) is 0 Å². The van der Waals surface area contributed by atoms with Gasteiger partial charge in [-0.25, -0.2) is 4.98 Å². The van der Waals surface area contributed by atoms with Crippen molar-refractivity contribution in [3.63, 3.8) is 0 Å². The summed E-state index contributed by atoms with van der Waals surface area (Å²) in [7, 11) is 0. The largest absolute Gasteiger partial charge is 0.344 e. The second-order valence-corrected chi connectivity index (χ2v) is 10.8. The van der Waals surface area contributed by atoms with Crippen LogP contribution in [0.25, 0.3) is 0 Å². The Bertz CT molecular complexity index is 674. The normalized spacial score (nSPS) is 30.0. The number of imidazole rings is 1. The van der Waals surface area contributed by atoms with E-state index in [2.05, 4.69) is 23.0 Å². The number of aromatic nitrogens is 2. The van der Waals surface area contributed by atoms with E-state index in [4.69, 9.17) is 4.98 Å². The summed E-state index contributed by atoms with van der Waals surface area (Å²) in [5, 5.41) is 0. The summed E-state index contributed by atoms with van der Waals surface area (Å²) < 4.78 is 0. The molecule has 1 amide bonds. The Morgan fingerprint density at radius 1 is 0.871 bits per heavy atom. The van der Waals surface area contributed by atoms with Crippen LogP contribution in [0.15, 0.2) is 6.20 Å². The standard InChI is InChI=1S/C27H45N3O/c1-21-13-8-6-7-11-16-23(19-21)26-28-20-24(29-26)25-17-12-18-30(25)27(31)22-14-9-4-2-3-5-10-15-22/h20-23,25H,2-19H2,1H3,(H,28,29)/t21?,23?,25-/m0/s1. The summed E-state index contributed by atoms with van der Waals surface area (Å²) in [4.78, 5) is 24.3. The first-order valence-corrected chi connectivity index (χ1v) is 13.6. The molecule has 2 unspecified atom stereocenters. The molecular weight excluding hydrogens is 382 g/mol. The van der Waals surface area contributed by atoms with Gasteiger partial charge in [0.25, 0.3) is 0 Å². The van der Waals surface area contributed by atoms with Gasteiger partial charge in [0.05, 0.1) is 17.9 Å². The number of amides is 1. The molecule has 1 aromatic rings. The summed E-state index contributed by atoms with van der Waals surface area (Å²) in [5.41, 5.74) is 1.19. The zero-order valence-corrected chi connectivity index (χ0v) is 19.9. The molecule has 1 aliphatic heterocycles. The lowest BCUT2D eigenvalue weighted by Crippen LogP contribution is -2.36. The maximum atomic E-state index is 13.5. The maximum Gasteiger partial charge on any atom is 0.226 e. The molecule has 4 rings (SSSR count). The van der Waals surface area contributed by atoms with Crippen LogP contribution < -0.4 is 0 Å². The van der Waals surface area contributed by atoms with Gasteiger partial charge in [-0.3, -0.25) is 4.79 Å². The highest BCUT2D eigenvalue weighted by atomic mass is 16.2. The van der Waals surface area contributed by atoms with Crippen LogP contribution in [0.5, 0.6) is 0 Å². The first kappa shape index (κ1) is 22.9. The highest BCUT2D eigenvalue weighted by molar-refractivity contribution is 5.79. The van der Waals surface area contributed by atoms with Gasteiger partial charge in [-0.15, -0.1) is 0 Å². The summed E-state index contributed by atoms with van der Waals surface area (Å²) in [6.07, 6.45) is 23.5. The lowest BCUT2D eigenvalue weighted by Gasteiger charge is -2.28. The Hall–Kier alpha value is -1.32. The average molecular weight is 428 g/mol. The first-order valence-electron chi connectivity index (χ1n) is 13.6. The van der Waals surface area contributed by atoms with E-state index in [1.807, 2.05) is 0 Å². The maximum absolute atomic E-state index is 13.5. The second-order valence-electron chi connectivity index (χ2n) is 10.8. The summed E-state index contributed by atoms with van der Waals surface area (Å²) in [6, 6.07) is 0.218. The van der Waals surface area contributed by atoms with Crippen molar-refractivity contribution in [1.29, 1.82) is 0 Å². The lowest BCUT2D eigenvalue weighted by molar-refractivity contribution is -0.137. The number of hydrogen-bond acceptors (Lipinski definition) is 2. The third-order valence-electron chi connectivity index (χ3n) is 8.29. The van der Waals surface area contributed by atoms with Crippen LogP contribution in [0.1, 0.15) is 140 Å². The van der Waals surface area contributed by atoms with Gasteiger partial charge >= 0.3 is 0 Å². The number of hydrogen-bond donors (Lipinski definition) is 1. The van der Waals surface area contributed by atoms with Crippen LogP contribution in [-0.2, 0) is 4.79 Å². The summed E-state index contributed by atoms with van der Waals surface area (Å²) >= 11 is 0. The molecule has 2 aliphatic carbocycles. The Morgan fingerprint density at radius 2 is 1.52 bits per heavy atom. The van der Waals surface area contributed by atoms with Crippen molar-refractivity contribution < 1.29 is 4.79 Å². The average Bonchev–Trinajstić information content (AvgIpc) is 3.46. The van der Waals surface area contributed by atoms with Gasteiger partial charge in [0, 0.05) is 18.4 Å². The number of H-pyrrole nitrogens is 1. The molecule has 3 aliphatic rings. The van der Waals surface area contributed by atoms with Gasteiger partial charge < -0.3 is 9.88 Å². The minimum absolute atomic E-state index is 0.218. The fraction of sp³-hybridized carbons (Fsp3) is 0.852. The highest BCUT2D eigenvalue weighted by Crippen LogP contribution is 2.37. The third-order valence-corrected chi connectivity index (χ3v) is 8.29. The van der Waals surface area contributed by atoms with E-state index in [9.17, 15) is 4.79 Å². The molecule has 1 saturated heterocycles. The number of likely N-dealkylation sites (tertiary alicyclic amines) is 1. The molecule has 1 aromatic heterocycles. The van der Waals surface area contributed by atoms with E-state index in [1.165, 1.54) is 95.0 Å². The van der Waals surface area contributed by atoms with E-state index < -0.39 is 0 Å². The van der Waals surface area contributed by atoms with Gasteiger partial charge in [0.1, 0.15) is 5.82 Å². The summed E-state index contributed by atoms with van der Waals surface area (Å²) in [6.45, 7) is 3.34. The Kier molecular flexibility index (Phi) is 8.49. The predicted octanol–water partition coefficient (Wildman–Crippen LogP) is 7.29. The van der Waals surface area contributed by atoms with Crippen LogP contribution >= 0.6 is 0 Å². The molecule has 2 saturated carbocycles. The summed E-state index contributed by atoms with van der Waals surface area (Å²) in [5.74, 6) is 3.20. The fourth-order valence-corrected chi connectivity index (χ4v) is 6.40. The molecule has 31 heavy (non-hydrogen) atoms. The van der Waals surface area contributed by atoms with Crippen LogP contribution in [0.3, 0.4) is 0 Å². The van der Waals surface area contributed by atoms with Crippen LogP contribution in [0.4, 0.5) is 0 Å². The molecular formula is C27H45N3O.